The summed E-state index contributed by atoms with van der Waals surface area (Å²) >= 11 is 3.46. The number of rotatable bonds is 4. The summed E-state index contributed by atoms with van der Waals surface area (Å²) in [6.07, 6.45) is 2.60. The van der Waals surface area contributed by atoms with E-state index < -0.39 is 11.6 Å². The molecule has 2 N–H and O–H groups in total. The van der Waals surface area contributed by atoms with Gasteiger partial charge in [-0.3, -0.25) is 4.79 Å². The van der Waals surface area contributed by atoms with Crippen molar-refractivity contribution in [2.24, 2.45) is 0 Å². The Balaban J connectivity index is 2.74. The fourth-order valence-corrected chi connectivity index (χ4v) is 2.02. The first-order valence-corrected chi connectivity index (χ1v) is 6.96. The lowest BCUT2D eigenvalue weighted by molar-refractivity contribution is -0.119. The van der Waals surface area contributed by atoms with Gasteiger partial charge < -0.3 is 10.4 Å². The van der Waals surface area contributed by atoms with Crippen molar-refractivity contribution in [2.75, 3.05) is 0 Å². The molecule has 0 heterocycles. The highest BCUT2D eigenvalue weighted by atomic mass is 79.9. The van der Waals surface area contributed by atoms with Gasteiger partial charge in [0.1, 0.15) is 0 Å². The van der Waals surface area contributed by atoms with Crippen molar-refractivity contribution in [3.63, 3.8) is 0 Å². The van der Waals surface area contributed by atoms with Crippen LogP contribution in [0, 0.1) is 6.92 Å². The summed E-state index contributed by atoms with van der Waals surface area (Å²) in [6.45, 7) is 7.23. The molecule has 104 valence electrons. The zero-order valence-electron chi connectivity index (χ0n) is 11.7. The van der Waals surface area contributed by atoms with Crippen LogP contribution in [0.1, 0.15) is 31.9 Å². The van der Waals surface area contributed by atoms with Gasteiger partial charge >= 0.3 is 0 Å². The summed E-state index contributed by atoms with van der Waals surface area (Å²) in [5.74, 6) is -0.224. The SMILES string of the molecule is Cc1ccc(/C=C/C(=O)NC(C)(C)C(C)O)c(Br)c1. The zero-order chi connectivity index (χ0) is 14.6. The van der Waals surface area contributed by atoms with E-state index in [0.29, 0.717) is 0 Å². The molecule has 0 saturated heterocycles. The Bertz CT molecular complexity index is 493. The second kappa shape index (κ2) is 6.35. The molecule has 1 aromatic rings. The summed E-state index contributed by atoms with van der Waals surface area (Å²) in [4.78, 5) is 11.8. The largest absolute Gasteiger partial charge is 0.391 e. The predicted octanol–water partition coefficient (Wildman–Crippen LogP) is 3.05. The summed E-state index contributed by atoms with van der Waals surface area (Å²) in [6, 6.07) is 5.93. The van der Waals surface area contributed by atoms with Gasteiger partial charge in [0, 0.05) is 10.5 Å². The molecule has 1 rings (SSSR count). The molecule has 4 heteroatoms. The van der Waals surface area contributed by atoms with Gasteiger partial charge in [-0.05, 0) is 51.0 Å². The Morgan fingerprint density at radius 1 is 1.47 bits per heavy atom. The van der Waals surface area contributed by atoms with Crippen molar-refractivity contribution in [3.8, 4) is 0 Å². The van der Waals surface area contributed by atoms with E-state index in [2.05, 4.69) is 21.2 Å². The van der Waals surface area contributed by atoms with Gasteiger partial charge in [-0.25, -0.2) is 0 Å². The average molecular weight is 326 g/mol. The van der Waals surface area contributed by atoms with Crippen LogP contribution in [-0.2, 0) is 4.79 Å². The maximum Gasteiger partial charge on any atom is 0.244 e. The molecule has 0 radical (unpaired) electrons. The molecule has 0 aliphatic carbocycles. The Kier molecular flexibility index (Phi) is 5.32. The molecule has 0 aromatic heterocycles. The molecule has 0 fully saturated rings. The minimum Gasteiger partial charge on any atom is -0.391 e. The fourth-order valence-electron chi connectivity index (χ4n) is 1.40. The van der Waals surface area contributed by atoms with Gasteiger partial charge in [-0.1, -0.05) is 28.1 Å². The van der Waals surface area contributed by atoms with Crippen molar-refractivity contribution < 1.29 is 9.90 Å². The Labute approximate surface area is 122 Å². The number of nitrogens with one attached hydrogen (secondary N) is 1. The molecule has 3 nitrogen and oxygen atoms in total. The molecule has 1 aromatic carbocycles. The van der Waals surface area contributed by atoms with E-state index in [4.69, 9.17) is 0 Å². The monoisotopic (exact) mass is 325 g/mol. The molecule has 0 aliphatic rings. The van der Waals surface area contributed by atoms with E-state index in [1.165, 1.54) is 6.08 Å². The summed E-state index contributed by atoms with van der Waals surface area (Å²) < 4.78 is 0.950. The lowest BCUT2D eigenvalue weighted by atomic mass is 9.99. The third kappa shape index (κ3) is 4.80. The van der Waals surface area contributed by atoms with Crippen LogP contribution in [0.5, 0.6) is 0 Å². The van der Waals surface area contributed by atoms with Crippen LogP contribution in [-0.4, -0.2) is 22.7 Å². The molecular weight excluding hydrogens is 306 g/mol. The highest BCUT2D eigenvalue weighted by Crippen LogP contribution is 2.19. The lowest BCUT2D eigenvalue weighted by Crippen LogP contribution is -2.50. The van der Waals surface area contributed by atoms with Crippen molar-refractivity contribution in [1.82, 2.24) is 5.32 Å². The maximum atomic E-state index is 11.8. The molecule has 0 saturated carbocycles. The first-order valence-electron chi connectivity index (χ1n) is 6.17. The predicted molar refractivity (Wildman–Crippen MR) is 81.8 cm³/mol. The molecule has 0 bridgehead atoms. The van der Waals surface area contributed by atoms with Crippen LogP contribution < -0.4 is 5.32 Å². The van der Waals surface area contributed by atoms with Crippen molar-refractivity contribution in [1.29, 1.82) is 0 Å². The quantitative estimate of drug-likeness (QED) is 0.836. The van der Waals surface area contributed by atoms with Crippen LogP contribution in [0.3, 0.4) is 0 Å². The van der Waals surface area contributed by atoms with E-state index >= 15 is 0 Å². The van der Waals surface area contributed by atoms with E-state index in [0.717, 1.165) is 15.6 Å². The number of aliphatic hydroxyl groups is 1. The first kappa shape index (κ1) is 15.9. The van der Waals surface area contributed by atoms with Gasteiger partial charge in [0.25, 0.3) is 0 Å². The molecule has 0 spiro atoms. The van der Waals surface area contributed by atoms with E-state index in [-0.39, 0.29) is 5.91 Å². The number of amides is 1. The third-order valence-corrected chi connectivity index (χ3v) is 3.75. The van der Waals surface area contributed by atoms with Crippen LogP contribution in [0.25, 0.3) is 6.08 Å². The van der Waals surface area contributed by atoms with Gasteiger partial charge in [0.2, 0.25) is 5.91 Å². The highest BCUT2D eigenvalue weighted by molar-refractivity contribution is 9.10. The normalized spacial score (nSPS) is 13.6. The Hall–Kier alpha value is -1.13. The molecule has 0 aliphatic heterocycles. The molecule has 1 amide bonds. The molecular formula is C15H20BrNO2. The molecule has 1 atom stereocenters. The number of aliphatic hydroxyl groups excluding tert-OH is 1. The number of benzene rings is 1. The van der Waals surface area contributed by atoms with Crippen LogP contribution in [0.2, 0.25) is 0 Å². The van der Waals surface area contributed by atoms with Crippen LogP contribution in [0.4, 0.5) is 0 Å². The number of aryl methyl sites for hydroxylation is 1. The Morgan fingerprint density at radius 2 is 2.11 bits per heavy atom. The van der Waals surface area contributed by atoms with E-state index in [1.54, 1.807) is 26.8 Å². The van der Waals surface area contributed by atoms with Gasteiger partial charge in [-0.2, -0.15) is 0 Å². The van der Waals surface area contributed by atoms with Gasteiger partial charge in [-0.15, -0.1) is 0 Å². The maximum absolute atomic E-state index is 11.8. The Morgan fingerprint density at radius 3 is 2.63 bits per heavy atom. The summed E-state index contributed by atoms with van der Waals surface area (Å²) in [7, 11) is 0. The topological polar surface area (TPSA) is 49.3 Å². The van der Waals surface area contributed by atoms with E-state index in [1.807, 2.05) is 25.1 Å². The fraction of sp³-hybridized carbons (Fsp3) is 0.400. The number of hydrogen-bond donors (Lipinski definition) is 2. The van der Waals surface area contributed by atoms with Crippen molar-refractivity contribution >= 4 is 27.9 Å². The van der Waals surface area contributed by atoms with Crippen LogP contribution >= 0.6 is 15.9 Å². The average Bonchev–Trinajstić information content (AvgIpc) is 2.27. The minimum absolute atomic E-state index is 0.224. The smallest absolute Gasteiger partial charge is 0.244 e. The molecule has 1 unspecified atom stereocenters. The second-order valence-electron chi connectivity index (χ2n) is 5.25. The number of carbonyl (C=O) groups excluding carboxylic acids is 1. The first-order chi connectivity index (χ1) is 8.72. The van der Waals surface area contributed by atoms with Gasteiger partial charge in [0.05, 0.1) is 11.6 Å². The zero-order valence-corrected chi connectivity index (χ0v) is 13.3. The minimum atomic E-state index is -0.647. The summed E-state index contributed by atoms with van der Waals surface area (Å²) in [5, 5.41) is 12.3. The van der Waals surface area contributed by atoms with Crippen LogP contribution in [0.15, 0.2) is 28.7 Å². The standard InChI is InChI=1S/C15H20BrNO2/c1-10-5-6-12(13(16)9-10)7-8-14(19)17-15(3,4)11(2)18/h5-9,11,18H,1-4H3,(H,17,19)/b8-7+. The number of halogens is 1. The van der Waals surface area contributed by atoms with Crippen molar-refractivity contribution in [3.05, 3.63) is 39.9 Å². The lowest BCUT2D eigenvalue weighted by Gasteiger charge is -2.28. The molecule has 19 heavy (non-hydrogen) atoms. The van der Waals surface area contributed by atoms with Crippen molar-refractivity contribution in [2.45, 2.75) is 39.3 Å². The third-order valence-electron chi connectivity index (χ3n) is 3.06. The second-order valence-corrected chi connectivity index (χ2v) is 6.10. The van der Waals surface area contributed by atoms with E-state index in [9.17, 15) is 9.90 Å². The number of carbonyl (C=O) groups is 1. The van der Waals surface area contributed by atoms with Gasteiger partial charge in [0.15, 0.2) is 0 Å². The summed E-state index contributed by atoms with van der Waals surface area (Å²) in [5.41, 5.74) is 1.45. The highest BCUT2D eigenvalue weighted by Gasteiger charge is 2.24. The number of hydrogen-bond acceptors (Lipinski definition) is 2.